The summed E-state index contributed by atoms with van der Waals surface area (Å²) in [6.07, 6.45) is 4.97. The van der Waals surface area contributed by atoms with E-state index in [1.54, 1.807) is 12.3 Å². The van der Waals surface area contributed by atoms with Gasteiger partial charge in [0.15, 0.2) is 0 Å². The van der Waals surface area contributed by atoms with Crippen molar-refractivity contribution < 1.29 is 9.18 Å². The number of hydrazine groups is 2. The number of rotatable bonds is 8. The van der Waals surface area contributed by atoms with E-state index in [0.717, 1.165) is 50.9 Å². The molecule has 6 rings (SSSR count). The molecule has 2 aliphatic heterocycles. The molecule has 1 aromatic heterocycles. The van der Waals surface area contributed by atoms with Crippen LogP contribution in [0.3, 0.4) is 0 Å². The fraction of sp³-hybridized carbons (Fsp3) is 0.387. The van der Waals surface area contributed by atoms with Gasteiger partial charge >= 0.3 is 0 Å². The van der Waals surface area contributed by atoms with E-state index in [2.05, 4.69) is 80.6 Å². The minimum absolute atomic E-state index is 0.00513. The molecule has 1 aliphatic carbocycles. The maximum absolute atomic E-state index is 13.5. The van der Waals surface area contributed by atoms with Gasteiger partial charge in [-0.15, -0.1) is 5.53 Å². The van der Waals surface area contributed by atoms with Crippen LogP contribution in [0.15, 0.2) is 59.0 Å². The van der Waals surface area contributed by atoms with Crippen LogP contribution in [0.5, 0.6) is 0 Å². The number of halogens is 2. The maximum Gasteiger partial charge on any atom is 0.254 e. The largest absolute Gasteiger partial charge is 0.383 e. The summed E-state index contributed by atoms with van der Waals surface area (Å²) in [7, 11) is 0. The highest BCUT2D eigenvalue weighted by molar-refractivity contribution is 9.10. The molecule has 11 heteroatoms. The van der Waals surface area contributed by atoms with Crippen LogP contribution in [0.4, 0.5) is 15.8 Å². The van der Waals surface area contributed by atoms with Crippen molar-refractivity contribution >= 4 is 44.1 Å². The van der Waals surface area contributed by atoms with Gasteiger partial charge in [-0.25, -0.2) is 4.39 Å². The predicted octanol–water partition coefficient (Wildman–Crippen LogP) is 5.60. The molecule has 3 aromatic rings. The van der Waals surface area contributed by atoms with Gasteiger partial charge in [0.25, 0.3) is 5.91 Å². The van der Waals surface area contributed by atoms with Crippen molar-refractivity contribution in [1.29, 1.82) is 5.26 Å². The number of nitrogens with zero attached hydrogens (tertiary/aromatic N) is 4. The Morgan fingerprint density at radius 3 is 2.74 bits per heavy atom. The third-order valence-electron chi connectivity index (χ3n) is 7.60. The molecule has 1 saturated carbocycles. The zero-order chi connectivity index (χ0) is 29.6. The number of aromatic nitrogens is 1. The molecular weight excluding hydrogens is 599 g/mol. The summed E-state index contributed by atoms with van der Waals surface area (Å²) in [5.41, 5.74) is 11.6. The van der Waals surface area contributed by atoms with E-state index in [9.17, 15) is 14.4 Å². The number of alkyl halides is 1. The lowest BCUT2D eigenvalue weighted by molar-refractivity contribution is 0.0400. The summed E-state index contributed by atoms with van der Waals surface area (Å²) in [5, 5.41) is 19.9. The zero-order valence-corrected chi connectivity index (χ0v) is 25.4. The maximum atomic E-state index is 13.5. The molecule has 1 atom stereocenters. The average Bonchev–Trinajstić information content (AvgIpc) is 3.68. The number of likely N-dealkylation sites (tertiary alicyclic amines) is 1. The number of nitriles is 1. The van der Waals surface area contributed by atoms with Crippen molar-refractivity contribution in [2.24, 2.45) is 5.41 Å². The lowest BCUT2D eigenvalue weighted by atomic mass is 9.96. The second-order valence-electron chi connectivity index (χ2n) is 12.4. The summed E-state index contributed by atoms with van der Waals surface area (Å²) in [4.78, 5) is 19.1. The summed E-state index contributed by atoms with van der Waals surface area (Å²) < 4.78 is 14.3. The van der Waals surface area contributed by atoms with Gasteiger partial charge < -0.3 is 21.0 Å². The number of fused-ring (bicyclic) bond motifs is 1. The monoisotopic (exact) mass is 632 g/mol. The number of anilines is 2. The van der Waals surface area contributed by atoms with Crippen LogP contribution in [0.1, 0.15) is 61.1 Å². The topological polar surface area (TPSA) is 108 Å². The molecule has 2 fully saturated rings. The second-order valence-corrected chi connectivity index (χ2v) is 13.3. The van der Waals surface area contributed by atoms with Crippen molar-refractivity contribution in [2.45, 2.75) is 51.9 Å². The van der Waals surface area contributed by atoms with Crippen LogP contribution < -0.4 is 21.6 Å². The van der Waals surface area contributed by atoms with Gasteiger partial charge in [-0.05, 0) is 64.0 Å². The van der Waals surface area contributed by atoms with E-state index in [1.165, 1.54) is 4.90 Å². The molecule has 3 heterocycles. The quantitative estimate of drug-likeness (QED) is 0.254. The average molecular weight is 634 g/mol. The van der Waals surface area contributed by atoms with E-state index in [4.69, 9.17) is 0 Å². The molecule has 1 amide bonds. The Bertz CT molecular complexity index is 1600. The molecule has 0 spiro atoms. The first-order valence-electron chi connectivity index (χ1n) is 14.2. The van der Waals surface area contributed by atoms with Crippen molar-refractivity contribution in [3.63, 3.8) is 0 Å². The van der Waals surface area contributed by atoms with E-state index >= 15 is 0 Å². The molecule has 0 bridgehead atoms. The first-order chi connectivity index (χ1) is 20.1. The Morgan fingerprint density at radius 1 is 1.26 bits per heavy atom. The lowest BCUT2D eigenvalue weighted by Gasteiger charge is -2.34. The Labute approximate surface area is 253 Å². The van der Waals surface area contributed by atoms with Gasteiger partial charge in [0, 0.05) is 46.1 Å². The van der Waals surface area contributed by atoms with E-state index in [-0.39, 0.29) is 30.5 Å². The number of benzene rings is 2. The number of pyridine rings is 1. The molecule has 9 nitrogen and oxygen atoms in total. The number of hydrogen-bond acceptors (Lipinski definition) is 8. The second kappa shape index (κ2) is 11.1. The SMILES string of the molecule is CC(C)(C)CNc1c(C#N)cnc2c(Br)cc(N[C@H](C3=CN(C4CC4)NN3)c3cccc(C(=O)N4CC(F)C4)c3)cc12. The van der Waals surface area contributed by atoms with Gasteiger partial charge in [0.2, 0.25) is 0 Å². The number of hydrogen-bond donors (Lipinski definition) is 4. The van der Waals surface area contributed by atoms with Crippen LogP contribution in [-0.4, -0.2) is 52.6 Å². The fourth-order valence-electron chi connectivity index (χ4n) is 5.14. The van der Waals surface area contributed by atoms with Gasteiger partial charge in [0.05, 0.1) is 41.6 Å². The van der Waals surface area contributed by atoms with Gasteiger partial charge in [-0.3, -0.25) is 14.8 Å². The van der Waals surface area contributed by atoms with Gasteiger partial charge in [0.1, 0.15) is 12.2 Å². The molecule has 0 radical (unpaired) electrons. The highest BCUT2D eigenvalue weighted by Gasteiger charge is 2.34. The third kappa shape index (κ3) is 5.87. The fourth-order valence-corrected chi connectivity index (χ4v) is 5.71. The smallest absolute Gasteiger partial charge is 0.254 e. The molecule has 1 saturated heterocycles. The summed E-state index contributed by atoms with van der Waals surface area (Å²) in [5.74, 6) is -0.172. The Morgan fingerprint density at radius 2 is 2.05 bits per heavy atom. The van der Waals surface area contributed by atoms with Gasteiger partial charge in [-0.2, -0.15) is 5.26 Å². The Balaban J connectivity index is 1.38. The minimum Gasteiger partial charge on any atom is -0.383 e. The molecule has 4 N–H and O–H groups in total. The van der Waals surface area contributed by atoms with Crippen molar-refractivity contribution in [2.75, 3.05) is 30.3 Å². The van der Waals surface area contributed by atoms with Crippen molar-refractivity contribution in [3.8, 4) is 6.07 Å². The lowest BCUT2D eigenvalue weighted by Crippen LogP contribution is -2.51. The molecular formula is C31H34BrFN8O. The van der Waals surface area contributed by atoms with Crippen LogP contribution in [-0.2, 0) is 0 Å². The van der Waals surface area contributed by atoms with Gasteiger partial charge in [-0.1, -0.05) is 32.9 Å². The first-order valence-corrected chi connectivity index (χ1v) is 15.0. The number of carbonyl (C=O) groups is 1. The van der Waals surface area contributed by atoms with E-state index in [1.807, 2.05) is 30.3 Å². The van der Waals surface area contributed by atoms with Crippen LogP contribution in [0, 0.1) is 16.7 Å². The molecule has 0 unspecified atom stereocenters. The first kappa shape index (κ1) is 28.2. The third-order valence-corrected chi connectivity index (χ3v) is 8.21. The number of amides is 1. The van der Waals surface area contributed by atoms with E-state index in [0.29, 0.717) is 23.7 Å². The van der Waals surface area contributed by atoms with Crippen molar-refractivity contribution in [1.82, 2.24) is 25.9 Å². The zero-order valence-electron chi connectivity index (χ0n) is 23.8. The summed E-state index contributed by atoms with van der Waals surface area (Å²) in [6.45, 7) is 7.36. The number of carbonyl (C=O) groups excluding carboxylic acids is 1. The Kier molecular flexibility index (Phi) is 7.45. The van der Waals surface area contributed by atoms with Crippen molar-refractivity contribution in [3.05, 3.63) is 75.7 Å². The highest BCUT2D eigenvalue weighted by atomic mass is 79.9. The normalized spacial score (nSPS) is 17.8. The van der Waals surface area contributed by atoms with Crippen LogP contribution in [0.25, 0.3) is 10.9 Å². The molecule has 3 aliphatic rings. The molecule has 2 aromatic carbocycles. The predicted molar refractivity (Wildman–Crippen MR) is 165 cm³/mol. The summed E-state index contributed by atoms with van der Waals surface area (Å²) in [6, 6.07) is 13.8. The number of nitrogens with one attached hydrogen (secondary N) is 4. The van der Waals surface area contributed by atoms with Crippen LogP contribution in [0.2, 0.25) is 0 Å². The van der Waals surface area contributed by atoms with Crippen LogP contribution >= 0.6 is 15.9 Å². The minimum atomic E-state index is -0.955. The molecule has 42 heavy (non-hydrogen) atoms. The highest BCUT2D eigenvalue weighted by Crippen LogP contribution is 2.37. The Hall–Kier alpha value is -3.88. The standard InChI is InChI=1S/C31H34BrFN8O/c1-31(2,3)17-36-27-20(12-34)13-35-29-24(27)10-22(11-25(29)32)37-28(26-16-41(39-38-26)23-7-8-23)18-5-4-6-19(9-18)30(42)40-14-21(33)15-40/h4-6,9-11,13,16,21,23,28,37-39H,7-8,14-15,17H2,1-3H3,(H,35,36)/t28-/m0/s1. The molecule has 218 valence electrons. The summed E-state index contributed by atoms with van der Waals surface area (Å²) >= 11 is 3.71. The van der Waals surface area contributed by atoms with E-state index < -0.39 is 6.17 Å².